The molecule has 0 saturated carbocycles. The molecule has 0 nitrogen and oxygen atoms in total. The monoisotopic (exact) mass is 376 g/mol. The van der Waals surface area contributed by atoms with Crippen LogP contribution >= 0.6 is 50.5 Å². The first kappa shape index (κ1) is 15.4. The molecular formula is C15H15BrCl2S. The third kappa shape index (κ3) is 3.55. The van der Waals surface area contributed by atoms with Gasteiger partial charge in [-0.3, -0.25) is 0 Å². The van der Waals surface area contributed by atoms with Gasteiger partial charge < -0.3 is 0 Å². The molecular weight excluding hydrogens is 363 g/mol. The van der Waals surface area contributed by atoms with Crippen LogP contribution in [0, 0.1) is 0 Å². The van der Waals surface area contributed by atoms with Crippen molar-refractivity contribution in [1.82, 2.24) is 0 Å². The fourth-order valence-corrected chi connectivity index (χ4v) is 4.26. The number of halogens is 3. The fraction of sp³-hybridized carbons (Fsp3) is 0.333. The van der Waals surface area contributed by atoms with Gasteiger partial charge in [0.2, 0.25) is 0 Å². The zero-order valence-corrected chi connectivity index (χ0v) is 14.9. The molecule has 2 rings (SSSR count). The number of rotatable bonds is 2. The van der Waals surface area contributed by atoms with Gasteiger partial charge in [-0.2, -0.15) is 0 Å². The van der Waals surface area contributed by atoms with Crippen LogP contribution in [0.15, 0.2) is 34.8 Å². The van der Waals surface area contributed by atoms with Crippen molar-refractivity contribution in [3.8, 4) is 0 Å². The highest BCUT2D eigenvalue weighted by molar-refractivity contribution is 9.10. The van der Waals surface area contributed by atoms with Gasteiger partial charge in [0.25, 0.3) is 0 Å². The Morgan fingerprint density at radius 3 is 2.37 bits per heavy atom. The minimum Gasteiger partial charge on any atom is -0.143 e. The van der Waals surface area contributed by atoms with Gasteiger partial charge in [0, 0.05) is 19.2 Å². The van der Waals surface area contributed by atoms with Crippen molar-refractivity contribution < 1.29 is 0 Å². The second-order valence-corrected chi connectivity index (χ2v) is 8.32. The van der Waals surface area contributed by atoms with Crippen LogP contribution in [0.25, 0.3) is 0 Å². The van der Waals surface area contributed by atoms with Gasteiger partial charge in [0.05, 0.1) is 5.38 Å². The van der Waals surface area contributed by atoms with E-state index in [0.717, 1.165) is 14.9 Å². The Kier molecular flexibility index (Phi) is 4.67. The minimum atomic E-state index is -0.146. The van der Waals surface area contributed by atoms with E-state index in [9.17, 15) is 0 Å². The lowest BCUT2D eigenvalue weighted by Gasteiger charge is -2.16. The topological polar surface area (TPSA) is 0 Å². The average Bonchev–Trinajstić information content (AvgIpc) is 2.76. The van der Waals surface area contributed by atoms with Crippen LogP contribution in [0.5, 0.6) is 0 Å². The Labute approximate surface area is 136 Å². The SMILES string of the molecule is CC(C)(C)c1ccc(C(Cl)c2ccc(Cl)cc2Br)s1. The van der Waals surface area contributed by atoms with Crippen LogP contribution < -0.4 is 0 Å². The first-order valence-electron chi connectivity index (χ1n) is 5.98. The van der Waals surface area contributed by atoms with Gasteiger partial charge in [-0.05, 0) is 35.2 Å². The highest BCUT2D eigenvalue weighted by Gasteiger charge is 2.20. The van der Waals surface area contributed by atoms with E-state index >= 15 is 0 Å². The van der Waals surface area contributed by atoms with E-state index in [1.54, 1.807) is 11.3 Å². The molecule has 0 N–H and O–H groups in total. The van der Waals surface area contributed by atoms with Crippen LogP contribution in [-0.4, -0.2) is 0 Å². The van der Waals surface area contributed by atoms with E-state index in [0.29, 0.717) is 5.02 Å². The maximum Gasteiger partial charge on any atom is 0.0938 e. The van der Waals surface area contributed by atoms with Gasteiger partial charge in [-0.15, -0.1) is 22.9 Å². The van der Waals surface area contributed by atoms with Crippen molar-refractivity contribution in [2.24, 2.45) is 0 Å². The van der Waals surface area contributed by atoms with Gasteiger partial charge in [-0.25, -0.2) is 0 Å². The van der Waals surface area contributed by atoms with Crippen molar-refractivity contribution >= 4 is 50.5 Å². The molecule has 0 aliphatic carbocycles. The van der Waals surface area contributed by atoms with Crippen LogP contribution in [0.3, 0.4) is 0 Å². The lowest BCUT2D eigenvalue weighted by Crippen LogP contribution is -2.07. The maximum absolute atomic E-state index is 6.59. The molecule has 1 aromatic heterocycles. The molecule has 0 saturated heterocycles. The number of hydrogen-bond donors (Lipinski definition) is 0. The lowest BCUT2D eigenvalue weighted by atomic mass is 9.95. The quantitative estimate of drug-likeness (QED) is 0.505. The fourth-order valence-electron chi connectivity index (χ4n) is 1.75. The highest BCUT2D eigenvalue weighted by atomic mass is 79.9. The summed E-state index contributed by atoms with van der Waals surface area (Å²) in [6.45, 7) is 6.64. The number of hydrogen-bond acceptors (Lipinski definition) is 1. The van der Waals surface area contributed by atoms with Gasteiger partial charge >= 0.3 is 0 Å². The molecule has 1 heterocycles. The summed E-state index contributed by atoms with van der Waals surface area (Å²) < 4.78 is 0.950. The molecule has 0 bridgehead atoms. The third-order valence-corrected chi connectivity index (χ3v) is 5.95. The normalized spacial score (nSPS) is 13.6. The largest absolute Gasteiger partial charge is 0.143 e. The van der Waals surface area contributed by atoms with E-state index < -0.39 is 0 Å². The standard InChI is InChI=1S/C15H15BrCl2S/c1-15(2,3)13-7-6-12(19-13)14(18)10-5-4-9(17)8-11(10)16/h4-8,14H,1-3H3. The molecule has 0 spiro atoms. The van der Waals surface area contributed by atoms with E-state index in [2.05, 4.69) is 48.8 Å². The van der Waals surface area contributed by atoms with Crippen molar-refractivity contribution in [3.05, 3.63) is 55.1 Å². The van der Waals surface area contributed by atoms with Crippen molar-refractivity contribution in [2.75, 3.05) is 0 Å². The van der Waals surface area contributed by atoms with Crippen molar-refractivity contribution in [2.45, 2.75) is 31.6 Å². The summed E-state index contributed by atoms with van der Waals surface area (Å²) in [6.07, 6.45) is 0. The zero-order valence-electron chi connectivity index (χ0n) is 11.0. The lowest BCUT2D eigenvalue weighted by molar-refractivity contribution is 0.604. The molecule has 0 fully saturated rings. The summed E-state index contributed by atoms with van der Waals surface area (Å²) in [4.78, 5) is 2.51. The molecule has 1 aromatic carbocycles. The van der Waals surface area contributed by atoms with E-state index in [1.807, 2.05) is 18.2 Å². The molecule has 2 aromatic rings. The third-order valence-electron chi connectivity index (χ3n) is 2.85. The molecule has 1 atom stereocenters. The first-order chi connectivity index (χ1) is 8.79. The summed E-state index contributed by atoms with van der Waals surface area (Å²) in [5, 5.41) is 0.564. The van der Waals surface area contributed by atoms with Crippen molar-refractivity contribution in [1.29, 1.82) is 0 Å². The second-order valence-electron chi connectivity index (χ2n) is 5.48. The van der Waals surface area contributed by atoms with E-state index in [4.69, 9.17) is 23.2 Å². The Balaban J connectivity index is 2.34. The molecule has 0 radical (unpaired) electrons. The van der Waals surface area contributed by atoms with Gasteiger partial charge in [-0.1, -0.05) is 54.4 Å². The Bertz CT molecular complexity index is 584. The molecule has 0 aliphatic heterocycles. The first-order valence-corrected chi connectivity index (χ1v) is 8.40. The van der Waals surface area contributed by atoms with Crippen LogP contribution in [-0.2, 0) is 5.41 Å². The summed E-state index contributed by atoms with van der Waals surface area (Å²) >= 11 is 17.8. The summed E-state index contributed by atoms with van der Waals surface area (Å²) in [7, 11) is 0. The molecule has 1 unspecified atom stereocenters. The molecule has 19 heavy (non-hydrogen) atoms. The summed E-state index contributed by atoms with van der Waals surface area (Å²) in [6, 6.07) is 10.0. The Hall–Kier alpha value is -0.0200. The summed E-state index contributed by atoms with van der Waals surface area (Å²) in [5.74, 6) is 0. The number of alkyl halides is 1. The maximum atomic E-state index is 6.59. The highest BCUT2D eigenvalue weighted by Crippen LogP contribution is 2.40. The molecule has 102 valence electrons. The number of thiophene rings is 1. The predicted octanol–water partition coefficient (Wildman–Crippen LogP) is 6.79. The zero-order chi connectivity index (χ0) is 14.2. The smallest absolute Gasteiger partial charge is 0.0938 e. The average molecular weight is 378 g/mol. The van der Waals surface area contributed by atoms with Gasteiger partial charge in [0.15, 0.2) is 0 Å². The van der Waals surface area contributed by atoms with E-state index in [1.165, 1.54) is 4.88 Å². The van der Waals surface area contributed by atoms with E-state index in [-0.39, 0.29) is 10.8 Å². The second kappa shape index (κ2) is 5.77. The van der Waals surface area contributed by atoms with Crippen LogP contribution in [0.2, 0.25) is 5.02 Å². The van der Waals surface area contributed by atoms with Crippen molar-refractivity contribution in [3.63, 3.8) is 0 Å². The Morgan fingerprint density at radius 2 is 1.84 bits per heavy atom. The molecule has 0 amide bonds. The van der Waals surface area contributed by atoms with Gasteiger partial charge in [0.1, 0.15) is 0 Å². The Morgan fingerprint density at radius 1 is 1.16 bits per heavy atom. The van der Waals surface area contributed by atoms with Crippen LogP contribution in [0.1, 0.15) is 41.5 Å². The summed E-state index contributed by atoms with van der Waals surface area (Å²) in [5.41, 5.74) is 1.21. The molecule has 0 aliphatic rings. The number of benzene rings is 1. The predicted molar refractivity (Wildman–Crippen MR) is 89.9 cm³/mol. The van der Waals surface area contributed by atoms with Crippen LogP contribution in [0.4, 0.5) is 0 Å². The minimum absolute atomic E-state index is 0.146. The molecule has 4 heteroatoms.